The first-order chi connectivity index (χ1) is 33.3. The fourth-order valence-electron chi connectivity index (χ4n) is 8.39. The largest absolute Gasteiger partial charge is 0.494 e. The topological polar surface area (TPSA) is 174 Å². The maximum atomic E-state index is 12.7. The van der Waals surface area contributed by atoms with Crippen LogP contribution in [0.5, 0.6) is 0 Å². The number of nitrogens with one attached hydrogen (secondary N) is 3. The van der Waals surface area contributed by atoms with E-state index in [-0.39, 0.29) is 41.8 Å². The number of aryl methyl sites for hydroxylation is 7. The minimum Gasteiger partial charge on any atom is -0.399 e. The second-order valence-corrected chi connectivity index (χ2v) is 21.6. The zero-order valence-electron chi connectivity index (χ0n) is 41.2. The van der Waals surface area contributed by atoms with Gasteiger partial charge in [0.05, 0.1) is 26.7 Å². The summed E-state index contributed by atoms with van der Waals surface area (Å²) >= 11 is 8.88. The number of hydrogen-bond acceptors (Lipinski definition) is 12. The summed E-state index contributed by atoms with van der Waals surface area (Å²) in [6, 6.07) is 19.8. The van der Waals surface area contributed by atoms with Crippen molar-refractivity contribution in [2.24, 2.45) is 0 Å². The van der Waals surface area contributed by atoms with Crippen molar-refractivity contribution in [1.29, 1.82) is 0 Å². The second-order valence-electron chi connectivity index (χ2n) is 18.9. The Morgan fingerprint density at radius 3 is 1.81 bits per heavy atom. The Morgan fingerprint density at radius 2 is 1.23 bits per heavy atom. The summed E-state index contributed by atoms with van der Waals surface area (Å²) < 4.78 is 12.3. The summed E-state index contributed by atoms with van der Waals surface area (Å²) in [4.78, 5) is 67.4. The lowest BCUT2D eigenvalue weighted by Crippen LogP contribution is -2.41. The van der Waals surface area contributed by atoms with Gasteiger partial charge in [0.15, 0.2) is 5.78 Å². The molecule has 0 spiro atoms. The number of anilines is 2. The highest BCUT2D eigenvalue weighted by Gasteiger charge is 2.51. The molecule has 0 unspecified atom stereocenters. The molecule has 9 rings (SSSR count). The molecule has 0 radical (unpaired) electrons. The lowest BCUT2D eigenvalue weighted by atomic mass is 9.77. The average molecular weight is 1000 g/mol. The van der Waals surface area contributed by atoms with E-state index >= 15 is 0 Å². The Morgan fingerprint density at radius 1 is 0.671 bits per heavy atom. The van der Waals surface area contributed by atoms with Crippen LogP contribution in [0, 0.1) is 13.8 Å². The number of hydrogen-bond donors (Lipinski definition) is 3. The van der Waals surface area contributed by atoms with Gasteiger partial charge < -0.3 is 25.3 Å². The van der Waals surface area contributed by atoms with E-state index < -0.39 is 0 Å². The lowest BCUT2D eigenvalue weighted by molar-refractivity contribution is -0.115. The number of ketones is 1. The van der Waals surface area contributed by atoms with Gasteiger partial charge >= 0.3 is 7.12 Å². The number of carbonyl (C=O) groups is 4. The number of carbonyl (C=O) groups excluding carboxylic acids is 4. The summed E-state index contributed by atoms with van der Waals surface area (Å²) in [5, 5.41) is 8.50. The van der Waals surface area contributed by atoms with Crippen molar-refractivity contribution in [3.05, 3.63) is 131 Å². The molecular formula is C53H61BClN7O6S2. The molecule has 0 saturated carbocycles. The number of rotatable bonds is 11. The van der Waals surface area contributed by atoms with Crippen molar-refractivity contribution in [3.63, 3.8) is 0 Å². The monoisotopic (exact) mass is 1000 g/mol. The molecule has 4 aromatic heterocycles. The molecule has 2 aromatic carbocycles. The quantitative estimate of drug-likeness (QED) is 0.0644. The molecule has 3 N–H and O–H groups in total. The van der Waals surface area contributed by atoms with E-state index in [0.29, 0.717) is 29.8 Å². The van der Waals surface area contributed by atoms with Crippen molar-refractivity contribution in [2.75, 3.05) is 10.6 Å². The number of amides is 3. The Bertz CT molecular complexity index is 2820. The molecule has 0 atom stereocenters. The van der Waals surface area contributed by atoms with Crippen LogP contribution < -0.4 is 21.4 Å². The van der Waals surface area contributed by atoms with Crippen LogP contribution >= 0.6 is 34.3 Å². The van der Waals surface area contributed by atoms with E-state index in [1.54, 1.807) is 28.7 Å². The predicted molar refractivity (Wildman–Crippen MR) is 280 cm³/mol. The maximum Gasteiger partial charge on any atom is 0.494 e. The van der Waals surface area contributed by atoms with Crippen molar-refractivity contribution < 1.29 is 28.5 Å². The highest BCUT2D eigenvalue weighted by atomic mass is 35.5. The van der Waals surface area contributed by atoms with E-state index in [1.165, 1.54) is 90.3 Å². The number of fused-ring (bicyclic) bond motifs is 2. The molecule has 17 heteroatoms. The van der Waals surface area contributed by atoms with Crippen LogP contribution in [-0.2, 0) is 57.5 Å². The van der Waals surface area contributed by atoms with Crippen LogP contribution in [-0.4, -0.2) is 61.8 Å². The number of Topliss-reactive ketones (excluding diaryl/α,β-unsaturated/α-hetero) is 1. The fraction of sp³-hybridized carbons (Fsp3) is 0.396. The molecule has 1 fully saturated rings. The highest BCUT2D eigenvalue weighted by Crippen LogP contribution is 2.37. The van der Waals surface area contributed by atoms with Gasteiger partial charge in [0.2, 0.25) is 11.8 Å². The summed E-state index contributed by atoms with van der Waals surface area (Å²) in [6.45, 7) is 15.7. The minimum absolute atomic E-state index is 0.00590. The van der Waals surface area contributed by atoms with Gasteiger partial charge in [-0.25, -0.2) is 19.9 Å². The van der Waals surface area contributed by atoms with E-state index in [9.17, 15) is 19.2 Å². The molecule has 6 aromatic rings. The van der Waals surface area contributed by atoms with Gasteiger partial charge in [-0.1, -0.05) is 41.9 Å². The molecular weight excluding hydrogens is 941 g/mol. The van der Waals surface area contributed by atoms with E-state index in [2.05, 4.69) is 101 Å². The predicted octanol–water partition coefficient (Wildman–Crippen LogP) is 10.4. The number of halogens is 1. The average Bonchev–Trinajstić information content (AvgIpc) is 4.01. The molecule has 70 heavy (non-hydrogen) atoms. The van der Waals surface area contributed by atoms with Crippen LogP contribution in [0.1, 0.15) is 136 Å². The van der Waals surface area contributed by atoms with Crippen LogP contribution in [0.25, 0.3) is 11.3 Å². The van der Waals surface area contributed by atoms with E-state index in [0.717, 1.165) is 69.7 Å². The molecule has 5 heterocycles. The zero-order chi connectivity index (χ0) is 50.2. The van der Waals surface area contributed by atoms with E-state index in [1.807, 2.05) is 25.1 Å². The number of benzene rings is 2. The summed E-state index contributed by atoms with van der Waals surface area (Å²) in [5.41, 5.74) is 9.33. The number of nitrogens with zero attached hydrogens (tertiary/aromatic N) is 4. The third kappa shape index (κ3) is 13.6. The van der Waals surface area contributed by atoms with Gasteiger partial charge in [0, 0.05) is 54.3 Å². The molecule has 0 bridgehead atoms. The Kier molecular flexibility index (Phi) is 17.2. The van der Waals surface area contributed by atoms with Crippen molar-refractivity contribution in [2.45, 2.75) is 137 Å². The molecule has 2 aliphatic carbocycles. The smallest absolute Gasteiger partial charge is 0.399 e. The van der Waals surface area contributed by atoms with Gasteiger partial charge in [-0.15, -0.1) is 22.7 Å². The Labute approximate surface area is 424 Å². The first kappa shape index (κ1) is 52.2. The Balaban J connectivity index is 0.000000170. The van der Waals surface area contributed by atoms with Gasteiger partial charge in [0.25, 0.3) is 5.91 Å². The van der Waals surface area contributed by atoms with Crippen molar-refractivity contribution >= 4 is 82.0 Å². The summed E-state index contributed by atoms with van der Waals surface area (Å²) in [5.74, 6) is 0.804. The Hall–Kier alpha value is -5.65. The van der Waals surface area contributed by atoms with Gasteiger partial charge in [-0.3, -0.25) is 19.2 Å². The molecule has 1 aliphatic heterocycles. The summed E-state index contributed by atoms with van der Waals surface area (Å²) in [6.07, 6.45) is 13.5. The third-order valence-electron chi connectivity index (χ3n) is 13.0. The van der Waals surface area contributed by atoms with Gasteiger partial charge in [-0.05, 0) is 156 Å². The highest BCUT2D eigenvalue weighted by molar-refractivity contribution is 7.14. The SMILES string of the molecule is CC(=O)Nc1cc(-c2ccc(CNC(=O)c3cc4c(s3)CCCC4)c(C)c2)ncn1.CC(=O)Nc1cc(Cl)ncn1.Cc1cc(B2OC(C)(C)C(C)(C)O2)ccc1CCC(=O)c1cc2c(s1)CCCC2. The normalized spacial score (nSPS) is 15.2. The minimum atomic E-state index is -0.341. The molecule has 3 amide bonds. The fourth-order valence-corrected chi connectivity index (χ4v) is 10.9. The number of aromatic nitrogens is 4. The van der Waals surface area contributed by atoms with Crippen LogP contribution in [0.3, 0.4) is 0 Å². The lowest BCUT2D eigenvalue weighted by Gasteiger charge is -2.32. The standard InChI is InChI=1S/C24H31BO3S.C23H24N4O2S.C6H6ClN3O/c1-16-14-19(25-27-23(2,3)24(4,5)28-25)12-10-17(16)11-13-20(26)22-15-18-8-6-7-9-21(18)29-22;1-14-9-16(19-11-22(26-13-25-19)27-15(2)28)7-8-18(14)12-24-23(29)21-10-17-5-3-4-6-20(17)30-21;1-4(11)10-6-2-5(7)8-3-9-6/h10,12,14-15H,6-9,11,13H2,1-5H3;7-11,13H,3-6,12H2,1-2H3,(H,24,29)(H,25,26,27,28);2-3H,1H3,(H,8,9,10,11). The second kappa shape index (κ2) is 23.1. The maximum absolute atomic E-state index is 12.7. The van der Waals surface area contributed by atoms with Crippen molar-refractivity contribution in [3.8, 4) is 11.3 Å². The zero-order valence-corrected chi connectivity index (χ0v) is 43.6. The van der Waals surface area contributed by atoms with Gasteiger partial charge in [0.1, 0.15) is 29.4 Å². The molecule has 3 aliphatic rings. The molecule has 13 nitrogen and oxygen atoms in total. The van der Waals surface area contributed by atoms with E-state index in [4.69, 9.17) is 20.9 Å². The van der Waals surface area contributed by atoms with Gasteiger partial charge in [-0.2, -0.15) is 0 Å². The van der Waals surface area contributed by atoms with Crippen molar-refractivity contribution in [1.82, 2.24) is 25.3 Å². The van der Waals surface area contributed by atoms with Crippen LogP contribution in [0.4, 0.5) is 11.6 Å². The van der Waals surface area contributed by atoms with Crippen LogP contribution in [0.15, 0.2) is 73.3 Å². The third-order valence-corrected chi connectivity index (χ3v) is 15.7. The first-order valence-electron chi connectivity index (χ1n) is 23.8. The number of thiophene rings is 2. The van der Waals surface area contributed by atoms with Crippen LogP contribution in [0.2, 0.25) is 5.15 Å². The molecule has 1 saturated heterocycles. The molecule has 366 valence electrons. The first-order valence-corrected chi connectivity index (χ1v) is 25.8. The summed E-state index contributed by atoms with van der Waals surface area (Å²) in [7, 11) is -0.341.